The molecule has 0 aliphatic rings. The monoisotopic (exact) mass is 329 g/mol. The van der Waals surface area contributed by atoms with Crippen molar-refractivity contribution < 1.29 is 14.3 Å². The number of amides is 1. The summed E-state index contributed by atoms with van der Waals surface area (Å²) < 4.78 is 11.4. The molecular formula is C16H15N3O3S. The first kappa shape index (κ1) is 16.5. The predicted octanol–water partition coefficient (Wildman–Crippen LogP) is 2.88. The number of carbonyl (C=O) groups is 1. The van der Waals surface area contributed by atoms with Gasteiger partial charge in [-0.1, -0.05) is 12.2 Å². The van der Waals surface area contributed by atoms with Crippen LogP contribution in [0.3, 0.4) is 0 Å². The minimum atomic E-state index is -0.123. The number of nitrogens with zero attached hydrogens (tertiary/aromatic N) is 2. The Morgan fingerprint density at radius 3 is 2.52 bits per heavy atom. The lowest BCUT2D eigenvalue weighted by atomic mass is 10.3. The Morgan fingerprint density at radius 1 is 1.26 bits per heavy atom. The average Bonchev–Trinajstić information content (AvgIpc) is 2.54. The van der Waals surface area contributed by atoms with Crippen LogP contribution in [0.15, 0.2) is 36.5 Å². The number of aromatic nitrogens is 1. The number of ether oxygens (including phenoxy) is 2. The van der Waals surface area contributed by atoms with Gasteiger partial charge in [-0.3, -0.25) is 4.79 Å². The third kappa shape index (κ3) is 4.31. The molecule has 6 nitrogen and oxygen atoms in total. The number of nitriles is 1. The third-order valence-corrected chi connectivity index (χ3v) is 3.27. The highest BCUT2D eigenvalue weighted by molar-refractivity contribution is 7.71. The molecule has 0 spiro atoms. The molecule has 1 aromatic heterocycles. The van der Waals surface area contributed by atoms with E-state index >= 15 is 0 Å². The Morgan fingerprint density at radius 2 is 1.91 bits per heavy atom. The van der Waals surface area contributed by atoms with Gasteiger partial charge < -0.3 is 19.4 Å². The van der Waals surface area contributed by atoms with Crippen molar-refractivity contribution in [2.24, 2.45) is 0 Å². The van der Waals surface area contributed by atoms with E-state index in [2.05, 4.69) is 4.98 Å². The van der Waals surface area contributed by atoms with Crippen molar-refractivity contribution >= 4 is 18.1 Å². The molecule has 0 unspecified atom stereocenters. The molecule has 1 aromatic carbocycles. The topological polar surface area (TPSA) is 78.3 Å². The number of H-pyrrole nitrogens is 1. The number of aromatic amines is 1. The number of carbonyl (C=O) groups excluding carboxylic acids is 1. The molecule has 118 valence electrons. The molecule has 0 atom stereocenters. The highest BCUT2D eigenvalue weighted by Crippen LogP contribution is 2.26. The molecule has 0 aliphatic carbocycles. The molecule has 0 saturated carbocycles. The number of hydrogen-bond donors (Lipinski definition) is 1. The summed E-state index contributed by atoms with van der Waals surface area (Å²) in [5, 5.41) is 9.12. The summed E-state index contributed by atoms with van der Waals surface area (Å²) in [6.45, 7) is -0.0282. The van der Waals surface area contributed by atoms with E-state index in [1.807, 2.05) is 6.07 Å². The fourth-order valence-electron chi connectivity index (χ4n) is 1.66. The Kier molecular flexibility index (Phi) is 5.33. The summed E-state index contributed by atoms with van der Waals surface area (Å²) in [5.41, 5.74) is 0.277. The van der Waals surface area contributed by atoms with Gasteiger partial charge in [-0.2, -0.15) is 5.26 Å². The highest BCUT2D eigenvalue weighted by atomic mass is 32.1. The van der Waals surface area contributed by atoms with Crippen LogP contribution in [0.5, 0.6) is 17.2 Å². The number of likely N-dealkylation sites (N-methyl/N-ethyl adjacent to an activating group) is 1. The van der Waals surface area contributed by atoms with E-state index < -0.39 is 0 Å². The summed E-state index contributed by atoms with van der Waals surface area (Å²) >= 11 is 5.04. The van der Waals surface area contributed by atoms with Gasteiger partial charge in [0.1, 0.15) is 33.5 Å². The van der Waals surface area contributed by atoms with E-state index in [4.69, 9.17) is 27.0 Å². The Bertz CT molecular complexity index is 791. The van der Waals surface area contributed by atoms with Gasteiger partial charge in [0, 0.05) is 20.3 Å². The average molecular weight is 329 g/mol. The molecule has 1 N–H and O–H groups in total. The van der Waals surface area contributed by atoms with Gasteiger partial charge in [0.05, 0.1) is 0 Å². The smallest absolute Gasteiger partial charge is 0.259 e. The molecule has 2 rings (SSSR count). The largest absolute Gasteiger partial charge is 0.484 e. The number of nitrogens with one attached hydrogen (secondary N) is 1. The molecule has 7 heteroatoms. The van der Waals surface area contributed by atoms with E-state index in [9.17, 15) is 4.79 Å². The molecule has 0 aliphatic heterocycles. The van der Waals surface area contributed by atoms with E-state index in [1.54, 1.807) is 50.6 Å². The minimum Gasteiger partial charge on any atom is -0.484 e. The number of rotatable bonds is 5. The molecule has 0 fully saturated rings. The van der Waals surface area contributed by atoms with Gasteiger partial charge in [-0.25, -0.2) is 0 Å². The van der Waals surface area contributed by atoms with Crippen LogP contribution in [0, 0.1) is 16.0 Å². The van der Waals surface area contributed by atoms with Crippen LogP contribution >= 0.6 is 12.2 Å². The van der Waals surface area contributed by atoms with E-state index in [1.165, 1.54) is 4.90 Å². The SMILES string of the molecule is CN(C)C(=O)COc1ccc(Oc2cc[nH]c(=S)c2C#N)cc1. The fourth-order valence-corrected chi connectivity index (χ4v) is 1.87. The molecular weight excluding hydrogens is 314 g/mol. The van der Waals surface area contributed by atoms with Gasteiger partial charge in [0.25, 0.3) is 5.91 Å². The van der Waals surface area contributed by atoms with Crippen LogP contribution in [0.2, 0.25) is 0 Å². The van der Waals surface area contributed by atoms with Crippen LogP contribution in [-0.2, 0) is 4.79 Å². The fraction of sp³-hybridized carbons (Fsp3) is 0.188. The van der Waals surface area contributed by atoms with Crippen molar-refractivity contribution in [1.29, 1.82) is 5.26 Å². The van der Waals surface area contributed by atoms with Crippen LogP contribution in [-0.4, -0.2) is 36.5 Å². The molecule has 1 amide bonds. The lowest BCUT2D eigenvalue weighted by molar-refractivity contribution is -0.130. The van der Waals surface area contributed by atoms with Crippen molar-refractivity contribution in [2.45, 2.75) is 0 Å². The Balaban J connectivity index is 2.07. The maximum absolute atomic E-state index is 11.5. The van der Waals surface area contributed by atoms with E-state index in [0.717, 1.165) is 0 Å². The van der Waals surface area contributed by atoms with E-state index in [-0.39, 0.29) is 18.1 Å². The Labute approximate surface area is 138 Å². The normalized spacial score (nSPS) is 9.78. The summed E-state index contributed by atoms with van der Waals surface area (Å²) in [7, 11) is 3.33. The van der Waals surface area contributed by atoms with Crippen molar-refractivity contribution in [2.75, 3.05) is 20.7 Å². The van der Waals surface area contributed by atoms with Gasteiger partial charge in [0.15, 0.2) is 6.61 Å². The third-order valence-electron chi connectivity index (χ3n) is 2.95. The zero-order chi connectivity index (χ0) is 16.8. The van der Waals surface area contributed by atoms with Crippen molar-refractivity contribution in [3.05, 3.63) is 46.7 Å². The maximum atomic E-state index is 11.5. The van der Waals surface area contributed by atoms with Crippen LogP contribution in [0.25, 0.3) is 0 Å². The second-order valence-corrected chi connectivity index (χ2v) is 5.22. The van der Waals surface area contributed by atoms with Gasteiger partial charge >= 0.3 is 0 Å². The lowest BCUT2D eigenvalue weighted by Crippen LogP contribution is -2.27. The second kappa shape index (κ2) is 7.42. The molecule has 1 heterocycles. The Hall–Kier alpha value is -2.85. The molecule has 2 aromatic rings. The molecule has 0 bridgehead atoms. The van der Waals surface area contributed by atoms with Gasteiger partial charge in [0.2, 0.25) is 0 Å². The van der Waals surface area contributed by atoms with Crippen LogP contribution in [0.4, 0.5) is 0 Å². The van der Waals surface area contributed by atoms with Crippen molar-refractivity contribution in [3.63, 3.8) is 0 Å². The molecule has 0 radical (unpaired) electrons. The van der Waals surface area contributed by atoms with Crippen LogP contribution in [0.1, 0.15) is 5.56 Å². The van der Waals surface area contributed by atoms with Crippen molar-refractivity contribution in [3.8, 4) is 23.3 Å². The predicted molar refractivity (Wildman–Crippen MR) is 87.0 cm³/mol. The lowest BCUT2D eigenvalue weighted by Gasteiger charge is -2.12. The number of hydrogen-bond acceptors (Lipinski definition) is 5. The maximum Gasteiger partial charge on any atom is 0.259 e. The summed E-state index contributed by atoms with van der Waals surface area (Å²) in [6.07, 6.45) is 1.61. The zero-order valence-corrected chi connectivity index (χ0v) is 13.5. The summed E-state index contributed by atoms with van der Waals surface area (Å²) in [5.74, 6) is 1.35. The van der Waals surface area contributed by atoms with E-state index in [0.29, 0.717) is 21.9 Å². The zero-order valence-electron chi connectivity index (χ0n) is 12.7. The van der Waals surface area contributed by atoms with Crippen molar-refractivity contribution in [1.82, 2.24) is 9.88 Å². The summed E-state index contributed by atoms with van der Waals surface area (Å²) in [6, 6.07) is 10.4. The second-order valence-electron chi connectivity index (χ2n) is 4.81. The van der Waals surface area contributed by atoms with Gasteiger partial charge in [-0.05, 0) is 30.3 Å². The molecule has 23 heavy (non-hydrogen) atoms. The summed E-state index contributed by atoms with van der Waals surface area (Å²) in [4.78, 5) is 15.7. The quantitative estimate of drug-likeness (QED) is 0.853. The highest BCUT2D eigenvalue weighted by Gasteiger charge is 2.08. The minimum absolute atomic E-state index is 0.0282. The molecule has 0 saturated heterocycles. The van der Waals surface area contributed by atoms with Crippen LogP contribution < -0.4 is 9.47 Å². The first-order valence-electron chi connectivity index (χ1n) is 6.74. The number of pyridine rings is 1. The number of benzene rings is 1. The first-order valence-corrected chi connectivity index (χ1v) is 7.14. The first-order chi connectivity index (χ1) is 11.0. The van der Waals surface area contributed by atoms with Gasteiger partial charge in [-0.15, -0.1) is 0 Å². The standard InChI is InChI=1S/C16H15N3O3S/c1-19(2)15(20)10-21-11-3-5-12(6-4-11)22-14-7-8-18-16(23)13(14)9-17/h3-8H,10H2,1-2H3,(H,18,23).